The smallest absolute Gasteiger partial charge is 0.326 e. The molecule has 0 bridgehead atoms. The third-order valence-corrected chi connectivity index (χ3v) is 6.61. The second-order valence-corrected chi connectivity index (χ2v) is 11.2. The highest BCUT2D eigenvalue weighted by molar-refractivity contribution is 7.98. The van der Waals surface area contributed by atoms with Crippen molar-refractivity contribution in [3.05, 3.63) is 18.2 Å². The first-order valence-corrected chi connectivity index (χ1v) is 14.5. The lowest BCUT2D eigenvalue weighted by Crippen LogP contribution is -2.60. The van der Waals surface area contributed by atoms with Crippen LogP contribution in [0.1, 0.15) is 46.2 Å². The molecule has 15 heteroatoms. The van der Waals surface area contributed by atoms with E-state index < -0.39 is 72.3 Å². The lowest BCUT2D eigenvalue weighted by Gasteiger charge is -2.27. The fraction of sp³-hybridized carbons (Fsp3) is 0.680. The Balaban J connectivity index is 3.07. The maximum Gasteiger partial charge on any atom is 0.326 e. The van der Waals surface area contributed by atoms with Crippen LogP contribution in [0.15, 0.2) is 12.5 Å². The van der Waals surface area contributed by atoms with Crippen LogP contribution in [0.2, 0.25) is 0 Å². The van der Waals surface area contributed by atoms with E-state index in [4.69, 9.17) is 5.73 Å². The third-order valence-electron chi connectivity index (χ3n) is 5.97. The van der Waals surface area contributed by atoms with Crippen LogP contribution in [0.25, 0.3) is 0 Å². The molecule has 0 saturated heterocycles. The number of nitrogens with zero attached hydrogens (tertiary/aromatic N) is 1. The molecule has 1 aromatic heterocycles. The average Bonchev–Trinajstić information content (AvgIpc) is 3.40. The number of imidazole rings is 1. The second-order valence-electron chi connectivity index (χ2n) is 10.2. The molecule has 0 spiro atoms. The van der Waals surface area contributed by atoms with Crippen LogP contribution in [-0.2, 0) is 30.4 Å². The summed E-state index contributed by atoms with van der Waals surface area (Å²) in [7, 11) is 0. The third kappa shape index (κ3) is 11.9. The summed E-state index contributed by atoms with van der Waals surface area (Å²) in [6.45, 7) is 6.22. The number of aromatic amines is 1. The van der Waals surface area contributed by atoms with Crippen molar-refractivity contribution in [3.63, 3.8) is 0 Å². The minimum Gasteiger partial charge on any atom is -0.480 e. The van der Waals surface area contributed by atoms with Crippen molar-refractivity contribution in [1.29, 1.82) is 0 Å². The molecule has 0 aliphatic rings. The molecule has 0 fully saturated rings. The lowest BCUT2D eigenvalue weighted by atomic mass is 10.0. The Morgan fingerprint density at radius 2 is 1.52 bits per heavy atom. The number of nitrogens with two attached hydrogens (primary N) is 1. The number of nitrogens with one attached hydrogen (secondary N) is 5. The van der Waals surface area contributed by atoms with Crippen LogP contribution in [0.5, 0.6) is 0 Å². The Morgan fingerprint density at radius 3 is 2.02 bits per heavy atom. The molecule has 5 atom stereocenters. The number of aromatic nitrogens is 2. The van der Waals surface area contributed by atoms with E-state index in [1.807, 2.05) is 20.1 Å². The van der Waals surface area contributed by atoms with Crippen LogP contribution in [-0.4, -0.2) is 98.6 Å². The molecule has 0 aliphatic heterocycles. The summed E-state index contributed by atoms with van der Waals surface area (Å²) in [4.78, 5) is 70.1. The Morgan fingerprint density at radius 1 is 0.950 bits per heavy atom. The summed E-state index contributed by atoms with van der Waals surface area (Å²) < 4.78 is 0. The predicted molar refractivity (Wildman–Crippen MR) is 150 cm³/mol. The van der Waals surface area contributed by atoms with Crippen LogP contribution < -0.4 is 27.0 Å². The van der Waals surface area contributed by atoms with Gasteiger partial charge in [-0.1, -0.05) is 27.7 Å². The first kappa shape index (κ1) is 34.9. The Bertz CT molecular complexity index is 975. The van der Waals surface area contributed by atoms with E-state index in [0.29, 0.717) is 17.9 Å². The highest BCUT2D eigenvalue weighted by atomic mass is 32.2. The Labute approximate surface area is 238 Å². The molecule has 1 heterocycles. The number of H-pyrrole nitrogens is 1. The Hall–Kier alpha value is -3.17. The van der Waals surface area contributed by atoms with Gasteiger partial charge in [0.05, 0.1) is 19.0 Å². The number of thioether (sulfide) groups is 1. The molecule has 0 unspecified atom stereocenters. The number of carboxylic acids is 1. The van der Waals surface area contributed by atoms with E-state index in [0.717, 1.165) is 0 Å². The van der Waals surface area contributed by atoms with Crippen molar-refractivity contribution in [3.8, 4) is 0 Å². The molecular formula is C25H43N7O7S. The van der Waals surface area contributed by atoms with Crippen molar-refractivity contribution in [2.45, 2.75) is 77.2 Å². The summed E-state index contributed by atoms with van der Waals surface area (Å²) in [6.07, 6.45) is 5.28. The molecule has 226 valence electrons. The molecule has 0 radical (unpaired) electrons. The SMILES string of the molecule is CSCC[C@H](N)C(=O)N[C@@H](CO)C(=O)N[C@@H](CC(C)C)C(=O)N[C@@H](Cc1cnc[nH]1)C(=O)N[C@H](C(=O)O)C(C)C. The van der Waals surface area contributed by atoms with E-state index in [9.17, 15) is 34.2 Å². The molecule has 4 amide bonds. The molecule has 0 aliphatic carbocycles. The zero-order valence-electron chi connectivity index (χ0n) is 23.6. The van der Waals surface area contributed by atoms with Crippen LogP contribution in [0.3, 0.4) is 0 Å². The summed E-state index contributed by atoms with van der Waals surface area (Å²) in [5, 5.41) is 29.3. The van der Waals surface area contributed by atoms with Gasteiger partial charge in [0.25, 0.3) is 0 Å². The normalized spacial score (nSPS) is 15.0. The van der Waals surface area contributed by atoms with E-state index in [-0.39, 0.29) is 18.8 Å². The number of aliphatic hydroxyl groups excluding tert-OH is 1. The lowest BCUT2D eigenvalue weighted by molar-refractivity contribution is -0.143. The summed E-state index contributed by atoms with van der Waals surface area (Å²) in [6, 6.07) is -5.71. The molecule has 9 N–H and O–H groups in total. The fourth-order valence-corrected chi connectivity index (χ4v) is 4.18. The van der Waals surface area contributed by atoms with Crippen molar-refractivity contribution in [2.24, 2.45) is 17.6 Å². The molecule has 1 aromatic rings. The second kappa shape index (κ2) is 17.5. The van der Waals surface area contributed by atoms with Gasteiger partial charge in [-0.2, -0.15) is 11.8 Å². The van der Waals surface area contributed by atoms with Gasteiger partial charge in [-0.3, -0.25) is 19.2 Å². The minimum atomic E-state index is -1.35. The van der Waals surface area contributed by atoms with Crippen molar-refractivity contribution >= 4 is 41.4 Å². The molecule has 40 heavy (non-hydrogen) atoms. The van der Waals surface area contributed by atoms with Crippen LogP contribution in [0, 0.1) is 11.8 Å². The quantitative estimate of drug-likeness (QED) is 0.102. The zero-order valence-corrected chi connectivity index (χ0v) is 24.4. The minimum absolute atomic E-state index is 0.0202. The van der Waals surface area contributed by atoms with Gasteiger partial charge in [0.15, 0.2) is 0 Å². The van der Waals surface area contributed by atoms with Crippen molar-refractivity contribution in [2.75, 3.05) is 18.6 Å². The molecule has 0 saturated carbocycles. The average molecular weight is 586 g/mol. The van der Waals surface area contributed by atoms with Gasteiger partial charge in [-0.25, -0.2) is 9.78 Å². The number of rotatable bonds is 18. The largest absolute Gasteiger partial charge is 0.480 e. The maximum atomic E-state index is 13.4. The van der Waals surface area contributed by atoms with Gasteiger partial charge in [0.2, 0.25) is 23.6 Å². The first-order chi connectivity index (χ1) is 18.8. The first-order valence-electron chi connectivity index (χ1n) is 13.1. The van der Waals surface area contributed by atoms with Gasteiger partial charge >= 0.3 is 5.97 Å². The number of hydrogen-bond donors (Lipinski definition) is 8. The number of amides is 4. The zero-order chi connectivity index (χ0) is 30.4. The molecule has 0 aromatic carbocycles. The topological polar surface area (TPSA) is 229 Å². The molecule has 1 rings (SSSR count). The number of carbonyl (C=O) groups is 5. The Kier molecular flexibility index (Phi) is 15.3. The van der Waals surface area contributed by atoms with Crippen LogP contribution >= 0.6 is 11.8 Å². The summed E-state index contributed by atoms with van der Waals surface area (Å²) in [5.41, 5.74) is 6.36. The maximum absolute atomic E-state index is 13.4. The van der Waals surface area contributed by atoms with Gasteiger partial charge in [0.1, 0.15) is 24.2 Å². The van der Waals surface area contributed by atoms with Crippen molar-refractivity contribution < 1.29 is 34.2 Å². The summed E-state index contributed by atoms with van der Waals surface area (Å²) >= 11 is 1.51. The number of carboxylic acid groups (broad SMARTS) is 1. The van der Waals surface area contributed by atoms with Gasteiger partial charge < -0.3 is 42.2 Å². The van der Waals surface area contributed by atoms with Gasteiger partial charge in [0, 0.05) is 18.3 Å². The molecular weight excluding hydrogens is 542 g/mol. The highest BCUT2D eigenvalue weighted by Crippen LogP contribution is 2.09. The number of aliphatic hydroxyl groups is 1. The highest BCUT2D eigenvalue weighted by Gasteiger charge is 2.33. The van der Waals surface area contributed by atoms with Crippen molar-refractivity contribution in [1.82, 2.24) is 31.2 Å². The standard InChI is InChI=1S/C25H43N7O7S/c1-13(2)8-17(29-24(37)19(11-33)31-21(34)16(26)6-7-40-5)22(35)30-18(9-15-10-27-12-28-15)23(36)32-20(14(3)4)25(38)39/h10,12-14,16-20,33H,6-9,11,26H2,1-5H3,(H,27,28)(H,29,37)(H,30,35)(H,31,34)(H,32,36)(H,38,39)/t16-,17-,18-,19-,20-/m0/s1. The van der Waals surface area contributed by atoms with E-state index in [1.54, 1.807) is 13.8 Å². The predicted octanol–water partition coefficient (Wildman–Crippen LogP) is -1.25. The number of carbonyl (C=O) groups excluding carboxylic acids is 4. The van der Waals surface area contributed by atoms with Gasteiger partial charge in [-0.05, 0) is 36.7 Å². The van der Waals surface area contributed by atoms with E-state index in [1.165, 1.54) is 24.3 Å². The van der Waals surface area contributed by atoms with Gasteiger partial charge in [-0.15, -0.1) is 0 Å². The van der Waals surface area contributed by atoms with Crippen LogP contribution in [0.4, 0.5) is 0 Å². The fourth-order valence-electron chi connectivity index (χ4n) is 3.69. The number of aliphatic carboxylic acids is 1. The van der Waals surface area contributed by atoms with E-state index >= 15 is 0 Å². The summed E-state index contributed by atoms with van der Waals surface area (Å²) in [5.74, 6) is -3.88. The van der Waals surface area contributed by atoms with E-state index in [2.05, 4.69) is 31.2 Å². The molecule has 14 nitrogen and oxygen atoms in total. The monoisotopic (exact) mass is 585 g/mol. The number of hydrogen-bond acceptors (Lipinski definition) is 9.